The van der Waals surface area contributed by atoms with Crippen LogP contribution in [0.3, 0.4) is 0 Å². The average Bonchev–Trinajstić information content (AvgIpc) is 3.03. The SMILES string of the molecule is CNC(=O)c1ccc(NC(=O)CCn2ncc3ccccc32)cc1. The van der Waals surface area contributed by atoms with Crippen molar-refractivity contribution >= 4 is 28.4 Å². The lowest BCUT2D eigenvalue weighted by atomic mass is 10.2. The molecule has 0 spiro atoms. The van der Waals surface area contributed by atoms with E-state index in [0.717, 1.165) is 10.9 Å². The Hall–Kier alpha value is -3.15. The molecule has 0 aliphatic carbocycles. The standard InChI is InChI=1S/C18H18N4O2/c1-19-18(24)13-6-8-15(9-7-13)21-17(23)10-11-22-16-5-3-2-4-14(16)12-20-22/h2-9,12H,10-11H2,1H3,(H,19,24)(H,21,23). The van der Waals surface area contributed by atoms with E-state index in [9.17, 15) is 9.59 Å². The minimum absolute atomic E-state index is 0.0951. The fraction of sp³-hybridized carbons (Fsp3) is 0.167. The molecular formula is C18H18N4O2. The van der Waals surface area contributed by atoms with E-state index < -0.39 is 0 Å². The molecule has 0 radical (unpaired) electrons. The summed E-state index contributed by atoms with van der Waals surface area (Å²) in [7, 11) is 1.58. The summed E-state index contributed by atoms with van der Waals surface area (Å²) >= 11 is 0. The molecule has 1 heterocycles. The molecule has 0 saturated heterocycles. The smallest absolute Gasteiger partial charge is 0.251 e. The third kappa shape index (κ3) is 3.43. The van der Waals surface area contributed by atoms with E-state index in [0.29, 0.717) is 24.2 Å². The van der Waals surface area contributed by atoms with Crippen LogP contribution in [0, 0.1) is 0 Å². The van der Waals surface area contributed by atoms with E-state index in [2.05, 4.69) is 15.7 Å². The Bertz CT molecular complexity index is 868. The summed E-state index contributed by atoms with van der Waals surface area (Å²) < 4.78 is 1.82. The van der Waals surface area contributed by atoms with Crippen molar-refractivity contribution in [3.8, 4) is 0 Å². The Balaban J connectivity index is 1.58. The molecule has 2 amide bonds. The molecule has 24 heavy (non-hydrogen) atoms. The molecule has 0 fully saturated rings. The van der Waals surface area contributed by atoms with Crippen LogP contribution in [0.4, 0.5) is 5.69 Å². The van der Waals surface area contributed by atoms with Crippen LogP contribution < -0.4 is 10.6 Å². The molecule has 6 heteroatoms. The zero-order chi connectivity index (χ0) is 16.9. The van der Waals surface area contributed by atoms with E-state index in [-0.39, 0.29) is 11.8 Å². The number of hydrogen-bond donors (Lipinski definition) is 2. The maximum absolute atomic E-state index is 12.1. The summed E-state index contributed by atoms with van der Waals surface area (Å²) in [6.45, 7) is 0.510. The number of fused-ring (bicyclic) bond motifs is 1. The molecule has 0 unspecified atom stereocenters. The summed E-state index contributed by atoms with van der Waals surface area (Å²) in [6, 6.07) is 14.7. The summed E-state index contributed by atoms with van der Waals surface area (Å²) in [4.78, 5) is 23.6. The van der Waals surface area contributed by atoms with Crippen molar-refractivity contribution in [2.75, 3.05) is 12.4 Å². The van der Waals surface area contributed by atoms with E-state index in [1.54, 1.807) is 37.5 Å². The lowest BCUT2D eigenvalue weighted by Crippen LogP contribution is -2.18. The highest BCUT2D eigenvalue weighted by Crippen LogP contribution is 2.14. The first kappa shape index (κ1) is 15.7. The van der Waals surface area contributed by atoms with Crippen LogP contribution >= 0.6 is 0 Å². The predicted octanol–water partition coefficient (Wildman–Crippen LogP) is 2.42. The van der Waals surface area contributed by atoms with Crippen molar-refractivity contribution < 1.29 is 9.59 Å². The number of carbonyl (C=O) groups is 2. The quantitative estimate of drug-likeness (QED) is 0.757. The highest BCUT2D eigenvalue weighted by atomic mass is 16.2. The molecule has 0 bridgehead atoms. The summed E-state index contributed by atoms with van der Waals surface area (Å²) in [5, 5.41) is 10.7. The number of hydrogen-bond acceptors (Lipinski definition) is 3. The second kappa shape index (κ2) is 6.95. The molecule has 122 valence electrons. The topological polar surface area (TPSA) is 76.0 Å². The number of carbonyl (C=O) groups excluding carboxylic acids is 2. The number of anilines is 1. The molecule has 0 saturated carbocycles. The second-order valence-electron chi connectivity index (χ2n) is 5.38. The van der Waals surface area contributed by atoms with Crippen LogP contribution in [0.2, 0.25) is 0 Å². The number of para-hydroxylation sites is 1. The normalized spacial score (nSPS) is 10.5. The third-order valence-corrected chi connectivity index (χ3v) is 3.76. The van der Waals surface area contributed by atoms with Crippen LogP contribution in [0.5, 0.6) is 0 Å². The van der Waals surface area contributed by atoms with E-state index in [4.69, 9.17) is 0 Å². The van der Waals surface area contributed by atoms with Crippen molar-refractivity contribution in [3.05, 3.63) is 60.3 Å². The Morgan fingerprint density at radius 2 is 1.83 bits per heavy atom. The highest BCUT2D eigenvalue weighted by molar-refractivity contribution is 5.95. The average molecular weight is 322 g/mol. The lowest BCUT2D eigenvalue weighted by molar-refractivity contribution is -0.116. The molecule has 3 rings (SSSR count). The van der Waals surface area contributed by atoms with Gasteiger partial charge in [0, 0.05) is 30.1 Å². The number of amides is 2. The number of benzene rings is 2. The molecule has 0 aliphatic heterocycles. The molecule has 1 aromatic heterocycles. The molecule has 0 atom stereocenters. The van der Waals surface area contributed by atoms with Gasteiger partial charge in [-0.05, 0) is 30.3 Å². The van der Waals surface area contributed by atoms with Crippen molar-refractivity contribution in [3.63, 3.8) is 0 Å². The zero-order valence-corrected chi connectivity index (χ0v) is 13.3. The van der Waals surface area contributed by atoms with Crippen LogP contribution in [0.1, 0.15) is 16.8 Å². The molecule has 2 N–H and O–H groups in total. The number of nitrogens with one attached hydrogen (secondary N) is 2. The van der Waals surface area contributed by atoms with Gasteiger partial charge >= 0.3 is 0 Å². The molecule has 6 nitrogen and oxygen atoms in total. The lowest BCUT2D eigenvalue weighted by Gasteiger charge is -2.07. The van der Waals surface area contributed by atoms with Crippen LogP contribution in [0.15, 0.2) is 54.7 Å². The van der Waals surface area contributed by atoms with Gasteiger partial charge in [-0.25, -0.2) is 0 Å². The van der Waals surface area contributed by atoms with Crippen molar-refractivity contribution in [2.45, 2.75) is 13.0 Å². The van der Waals surface area contributed by atoms with E-state index >= 15 is 0 Å². The van der Waals surface area contributed by atoms with Gasteiger partial charge in [0.2, 0.25) is 5.91 Å². The highest BCUT2D eigenvalue weighted by Gasteiger charge is 2.07. The number of aromatic nitrogens is 2. The predicted molar refractivity (Wildman–Crippen MR) is 92.8 cm³/mol. The van der Waals surface area contributed by atoms with Gasteiger partial charge in [-0.2, -0.15) is 5.10 Å². The van der Waals surface area contributed by atoms with Gasteiger partial charge < -0.3 is 10.6 Å². The minimum Gasteiger partial charge on any atom is -0.355 e. The van der Waals surface area contributed by atoms with Gasteiger partial charge in [0.1, 0.15) is 0 Å². The Morgan fingerprint density at radius 1 is 1.08 bits per heavy atom. The first-order chi connectivity index (χ1) is 11.7. The van der Waals surface area contributed by atoms with Gasteiger partial charge in [0.05, 0.1) is 18.3 Å². The van der Waals surface area contributed by atoms with Crippen molar-refractivity contribution in [1.82, 2.24) is 15.1 Å². The molecule has 3 aromatic rings. The fourth-order valence-corrected chi connectivity index (χ4v) is 2.48. The van der Waals surface area contributed by atoms with Gasteiger partial charge in [0.25, 0.3) is 5.91 Å². The molecule has 2 aromatic carbocycles. The first-order valence-electron chi connectivity index (χ1n) is 7.70. The fourth-order valence-electron chi connectivity index (χ4n) is 2.48. The molecule has 0 aliphatic rings. The van der Waals surface area contributed by atoms with Crippen molar-refractivity contribution in [2.24, 2.45) is 0 Å². The minimum atomic E-state index is -0.154. The molecular weight excluding hydrogens is 304 g/mol. The Morgan fingerprint density at radius 3 is 2.58 bits per heavy atom. The monoisotopic (exact) mass is 322 g/mol. The van der Waals surface area contributed by atoms with Crippen LogP contribution in [0.25, 0.3) is 10.9 Å². The summed E-state index contributed by atoms with van der Waals surface area (Å²) in [5.41, 5.74) is 2.23. The zero-order valence-electron chi connectivity index (χ0n) is 13.3. The van der Waals surface area contributed by atoms with Gasteiger partial charge in [-0.3, -0.25) is 14.3 Å². The van der Waals surface area contributed by atoms with Gasteiger partial charge in [-0.1, -0.05) is 18.2 Å². The summed E-state index contributed by atoms with van der Waals surface area (Å²) in [6.07, 6.45) is 2.12. The van der Waals surface area contributed by atoms with E-state index in [1.807, 2.05) is 28.9 Å². The number of rotatable bonds is 5. The maximum Gasteiger partial charge on any atom is 0.251 e. The van der Waals surface area contributed by atoms with Crippen molar-refractivity contribution in [1.29, 1.82) is 0 Å². The van der Waals surface area contributed by atoms with Gasteiger partial charge in [-0.15, -0.1) is 0 Å². The number of aryl methyl sites for hydroxylation is 1. The third-order valence-electron chi connectivity index (χ3n) is 3.76. The van der Waals surface area contributed by atoms with Gasteiger partial charge in [0.15, 0.2) is 0 Å². The largest absolute Gasteiger partial charge is 0.355 e. The maximum atomic E-state index is 12.1. The second-order valence-corrected chi connectivity index (χ2v) is 5.38. The van der Waals surface area contributed by atoms with E-state index in [1.165, 1.54) is 0 Å². The number of nitrogens with zero attached hydrogens (tertiary/aromatic N) is 2. The Kier molecular flexibility index (Phi) is 4.56. The van der Waals surface area contributed by atoms with Crippen LogP contribution in [-0.4, -0.2) is 28.6 Å². The first-order valence-corrected chi connectivity index (χ1v) is 7.70. The Labute approximate surface area is 139 Å². The van der Waals surface area contributed by atoms with Crippen LogP contribution in [-0.2, 0) is 11.3 Å². The summed E-state index contributed by atoms with van der Waals surface area (Å²) in [5.74, 6) is -0.249.